The van der Waals surface area contributed by atoms with Gasteiger partial charge in [0.05, 0.1) is 0 Å². The van der Waals surface area contributed by atoms with Gasteiger partial charge in [-0.1, -0.05) is 6.07 Å². The fraction of sp³-hybridized carbons (Fsp3) is 0.571. The van der Waals surface area contributed by atoms with Crippen molar-refractivity contribution in [3.05, 3.63) is 29.6 Å². The number of aromatic nitrogens is 1. The van der Waals surface area contributed by atoms with Gasteiger partial charge < -0.3 is 10.2 Å². The molecule has 112 valence electrons. The molecule has 6 heteroatoms. The molecule has 0 saturated carbocycles. The smallest absolute Gasteiger partial charge is 0.272 e. The molecule has 0 bridgehead atoms. The minimum absolute atomic E-state index is 0. The van der Waals surface area contributed by atoms with E-state index in [2.05, 4.69) is 10.3 Å². The lowest BCUT2D eigenvalue weighted by atomic mass is 9.88. The van der Waals surface area contributed by atoms with Gasteiger partial charge in [0.1, 0.15) is 5.69 Å². The Kier molecular flexibility index (Phi) is 6.24. The number of piperidine rings is 1. The summed E-state index contributed by atoms with van der Waals surface area (Å²) in [7, 11) is 0. The highest BCUT2D eigenvalue weighted by Gasteiger charge is 2.35. The first-order chi connectivity index (χ1) is 8.75. The minimum atomic E-state index is 0. The number of halogens is 2. The van der Waals surface area contributed by atoms with Gasteiger partial charge in [-0.15, -0.1) is 24.8 Å². The summed E-state index contributed by atoms with van der Waals surface area (Å²) in [5.74, 6) is 1.49. The van der Waals surface area contributed by atoms with Crippen LogP contribution in [0, 0.1) is 18.8 Å². The van der Waals surface area contributed by atoms with Gasteiger partial charge in [0.15, 0.2) is 0 Å². The molecular weight excluding hydrogens is 297 g/mol. The van der Waals surface area contributed by atoms with E-state index in [4.69, 9.17) is 0 Å². The van der Waals surface area contributed by atoms with Gasteiger partial charge in [-0.3, -0.25) is 9.78 Å². The molecule has 2 aliphatic heterocycles. The number of rotatable bonds is 1. The molecule has 1 amide bonds. The van der Waals surface area contributed by atoms with E-state index in [1.807, 2.05) is 24.0 Å². The maximum absolute atomic E-state index is 12.5. The van der Waals surface area contributed by atoms with Crippen LogP contribution in [-0.4, -0.2) is 42.0 Å². The summed E-state index contributed by atoms with van der Waals surface area (Å²) in [6, 6.07) is 3.82. The van der Waals surface area contributed by atoms with Crippen LogP contribution in [0.15, 0.2) is 18.3 Å². The first-order valence-electron chi connectivity index (χ1n) is 6.67. The normalized spacial score (nSPS) is 24.4. The number of nitrogens with one attached hydrogen (secondary N) is 1. The molecule has 3 heterocycles. The Labute approximate surface area is 132 Å². The van der Waals surface area contributed by atoms with Crippen molar-refractivity contribution in [3.63, 3.8) is 0 Å². The predicted octanol–water partition coefficient (Wildman–Crippen LogP) is 1.92. The van der Waals surface area contributed by atoms with Crippen LogP contribution in [0.2, 0.25) is 0 Å². The zero-order chi connectivity index (χ0) is 12.5. The number of likely N-dealkylation sites (tertiary alicyclic amines) is 1. The molecule has 2 atom stereocenters. The van der Waals surface area contributed by atoms with E-state index in [1.165, 1.54) is 0 Å². The lowest BCUT2D eigenvalue weighted by Gasteiger charge is -2.34. The molecule has 2 saturated heterocycles. The van der Waals surface area contributed by atoms with Gasteiger partial charge in [0.25, 0.3) is 5.91 Å². The molecule has 1 N–H and O–H groups in total. The Hall–Kier alpha value is -0.840. The monoisotopic (exact) mass is 317 g/mol. The number of fused-ring (bicyclic) bond motifs is 1. The molecule has 0 radical (unpaired) electrons. The van der Waals surface area contributed by atoms with Crippen molar-refractivity contribution in [2.45, 2.75) is 13.3 Å². The van der Waals surface area contributed by atoms with E-state index in [0.717, 1.165) is 44.1 Å². The van der Waals surface area contributed by atoms with Crippen LogP contribution < -0.4 is 5.32 Å². The molecule has 2 unspecified atom stereocenters. The number of nitrogens with zero attached hydrogens (tertiary/aromatic N) is 2. The van der Waals surface area contributed by atoms with Crippen LogP contribution in [0.3, 0.4) is 0 Å². The first kappa shape index (κ1) is 17.2. The molecule has 2 fully saturated rings. The summed E-state index contributed by atoms with van der Waals surface area (Å²) >= 11 is 0. The van der Waals surface area contributed by atoms with Crippen molar-refractivity contribution >= 4 is 30.7 Å². The Balaban J connectivity index is 0.000001000. The molecule has 2 aliphatic rings. The van der Waals surface area contributed by atoms with Crippen LogP contribution in [-0.2, 0) is 0 Å². The van der Waals surface area contributed by atoms with Crippen molar-refractivity contribution in [2.75, 3.05) is 26.2 Å². The number of hydrogen-bond donors (Lipinski definition) is 1. The Morgan fingerprint density at radius 1 is 1.35 bits per heavy atom. The number of hydrogen-bond acceptors (Lipinski definition) is 3. The average molecular weight is 318 g/mol. The molecule has 0 aliphatic carbocycles. The van der Waals surface area contributed by atoms with Gasteiger partial charge in [-0.25, -0.2) is 0 Å². The highest BCUT2D eigenvalue weighted by Crippen LogP contribution is 2.27. The number of aryl methyl sites for hydroxylation is 1. The standard InChI is InChI=1S/C14H19N3O.2ClH/c1-10-3-2-5-16-13(10)14(18)17-6-4-11-7-15-8-12(11)9-17;;/h2-3,5,11-12,15H,4,6-9H2,1H3;2*1H. The summed E-state index contributed by atoms with van der Waals surface area (Å²) in [6.45, 7) is 5.87. The Morgan fingerprint density at radius 3 is 2.85 bits per heavy atom. The van der Waals surface area contributed by atoms with Crippen molar-refractivity contribution in [1.82, 2.24) is 15.2 Å². The Bertz CT molecular complexity index is 469. The molecular formula is C14H21Cl2N3O. The fourth-order valence-corrected chi connectivity index (χ4v) is 3.08. The summed E-state index contributed by atoms with van der Waals surface area (Å²) in [5.41, 5.74) is 1.58. The second-order valence-corrected chi connectivity index (χ2v) is 5.39. The lowest BCUT2D eigenvalue weighted by Crippen LogP contribution is -2.43. The van der Waals surface area contributed by atoms with E-state index in [9.17, 15) is 4.79 Å². The van der Waals surface area contributed by atoms with Gasteiger partial charge >= 0.3 is 0 Å². The van der Waals surface area contributed by atoms with Crippen LogP contribution >= 0.6 is 24.8 Å². The van der Waals surface area contributed by atoms with Crippen molar-refractivity contribution in [1.29, 1.82) is 0 Å². The summed E-state index contributed by atoms with van der Waals surface area (Å²) < 4.78 is 0. The van der Waals surface area contributed by atoms with Gasteiger partial charge in [-0.2, -0.15) is 0 Å². The fourth-order valence-electron chi connectivity index (χ4n) is 3.08. The summed E-state index contributed by atoms with van der Waals surface area (Å²) in [5, 5.41) is 3.42. The second-order valence-electron chi connectivity index (χ2n) is 5.39. The molecule has 3 rings (SSSR count). The van der Waals surface area contributed by atoms with E-state index in [-0.39, 0.29) is 30.7 Å². The highest BCUT2D eigenvalue weighted by atomic mass is 35.5. The third-order valence-corrected chi connectivity index (χ3v) is 4.20. The zero-order valence-corrected chi connectivity index (χ0v) is 13.2. The first-order valence-corrected chi connectivity index (χ1v) is 6.67. The van der Waals surface area contributed by atoms with E-state index < -0.39 is 0 Å². The van der Waals surface area contributed by atoms with Crippen LogP contribution in [0.4, 0.5) is 0 Å². The molecule has 0 spiro atoms. The van der Waals surface area contributed by atoms with E-state index in [0.29, 0.717) is 11.6 Å². The van der Waals surface area contributed by atoms with Crippen molar-refractivity contribution in [2.24, 2.45) is 11.8 Å². The topological polar surface area (TPSA) is 45.2 Å². The minimum Gasteiger partial charge on any atom is -0.337 e. The van der Waals surface area contributed by atoms with Crippen molar-refractivity contribution < 1.29 is 4.79 Å². The van der Waals surface area contributed by atoms with Crippen LogP contribution in [0.25, 0.3) is 0 Å². The average Bonchev–Trinajstić information content (AvgIpc) is 2.85. The number of carbonyl (C=O) groups excluding carboxylic acids is 1. The molecule has 1 aromatic heterocycles. The van der Waals surface area contributed by atoms with Gasteiger partial charge in [0.2, 0.25) is 0 Å². The van der Waals surface area contributed by atoms with Gasteiger partial charge in [-0.05, 0) is 49.9 Å². The quantitative estimate of drug-likeness (QED) is 0.860. The molecule has 1 aromatic rings. The summed E-state index contributed by atoms with van der Waals surface area (Å²) in [4.78, 5) is 18.7. The zero-order valence-electron chi connectivity index (χ0n) is 11.5. The highest BCUT2D eigenvalue weighted by molar-refractivity contribution is 5.93. The third-order valence-electron chi connectivity index (χ3n) is 4.20. The molecule has 4 nitrogen and oxygen atoms in total. The predicted molar refractivity (Wildman–Crippen MR) is 83.8 cm³/mol. The lowest BCUT2D eigenvalue weighted by molar-refractivity contribution is 0.0636. The number of amides is 1. The third kappa shape index (κ3) is 3.25. The SMILES string of the molecule is Cc1cccnc1C(=O)N1CCC2CNCC2C1.Cl.Cl. The van der Waals surface area contributed by atoms with Gasteiger partial charge in [0, 0.05) is 19.3 Å². The van der Waals surface area contributed by atoms with Crippen LogP contribution in [0.1, 0.15) is 22.5 Å². The van der Waals surface area contributed by atoms with E-state index in [1.54, 1.807) is 6.20 Å². The van der Waals surface area contributed by atoms with Crippen molar-refractivity contribution in [3.8, 4) is 0 Å². The second kappa shape index (κ2) is 7.25. The number of pyridine rings is 1. The maximum atomic E-state index is 12.5. The summed E-state index contributed by atoms with van der Waals surface area (Å²) in [6.07, 6.45) is 2.82. The maximum Gasteiger partial charge on any atom is 0.272 e. The largest absolute Gasteiger partial charge is 0.337 e. The van der Waals surface area contributed by atoms with Crippen LogP contribution in [0.5, 0.6) is 0 Å². The Morgan fingerprint density at radius 2 is 2.10 bits per heavy atom. The molecule has 0 aromatic carbocycles. The number of carbonyl (C=O) groups is 1. The molecule has 20 heavy (non-hydrogen) atoms. The van der Waals surface area contributed by atoms with E-state index >= 15 is 0 Å².